The van der Waals surface area contributed by atoms with Gasteiger partial charge in [-0.25, -0.2) is 0 Å². The van der Waals surface area contributed by atoms with Crippen molar-refractivity contribution in [3.8, 4) is 0 Å². The first-order chi connectivity index (χ1) is 25.0. The van der Waals surface area contributed by atoms with Crippen molar-refractivity contribution in [2.75, 3.05) is 27.4 Å². The molecule has 0 radical (unpaired) electrons. The second-order valence-electron chi connectivity index (χ2n) is 18.4. The molecule has 3 heteroatoms. The molecule has 0 bridgehead atoms. The van der Waals surface area contributed by atoms with Crippen molar-refractivity contribution in [3.05, 3.63) is 48.6 Å². The standard InChI is InChI=1S/C48H78O3/c1-5-7-15-39-17-21-43(22-18-39)45(29-11-9-12-30-45)47(49-3)33-25-41(26-34-47)37-51-38-42-27-35-48(50-4,36-28-42)46(31-13-10-14-32-46)44-23-19-40(20-24-44)16-8-6-2/h25-28,33-36,39-44H,5-24,29-32,37-38H2,1-4H3. The fourth-order valence-electron chi connectivity index (χ4n) is 12.8. The molecule has 4 saturated carbocycles. The van der Waals surface area contributed by atoms with Gasteiger partial charge in [0.1, 0.15) is 11.2 Å². The largest absolute Gasteiger partial charge is 0.380 e. The fraction of sp³-hybridized carbons (Fsp3) is 0.833. The Kier molecular flexibility index (Phi) is 14.3. The quantitative estimate of drug-likeness (QED) is 0.150. The lowest BCUT2D eigenvalue weighted by Crippen LogP contribution is -2.54. The first-order valence-corrected chi connectivity index (χ1v) is 22.4. The van der Waals surface area contributed by atoms with Crippen molar-refractivity contribution in [2.45, 2.75) is 179 Å². The smallest absolute Gasteiger partial charge is 0.110 e. The molecule has 6 aliphatic rings. The average molecular weight is 703 g/mol. The molecule has 0 amide bonds. The van der Waals surface area contributed by atoms with E-state index in [4.69, 9.17) is 14.2 Å². The van der Waals surface area contributed by atoms with Crippen molar-refractivity contribution in [3.63, 3.8) is 0 Å². The molecular weight excluding hydrogens is 625 g/mol. The molecule has 6 aliphatic carbocycles. The highest BCUT2D eigenvalue weighted by atomic mass is 16.5. The molecule has 0 aromatic rings. The Hall–Kier alpha value is -1.16. The van der Waals surface area contributed by atoms with Crippen LogP contribution in [0.1, 0.15) is 168 Å². The van der Waals surface area contributed by atoms with E-state index in [1.165, 1.54) is 154 Å². The Labute approximate surface area is 314 Å². The zero-order chi connectivity index (χ0) is 35.6. The van der Waals surface area contributed by atoms with E-state index >= 15 is 0 Å². The highest BCUT2D eigenvalue weighted by Gasteiger charge is 2.56. The molecule has 0 spiro atoms. The van der Waals surface area contributed by atoms with E-state index in [9.17, 15) is 0 Å². The van der Waals surface area contributed by atoms with E-state index in [1.54, 1.807) is 0 Å². The van der Waals surface area contributed by atoms with Gasteiger partial charge in [0.2, 0.25) is 0 Å². The van der Waals surface area contributed by atoms with Gasteiger partial charge in [-0.3, -0.25) is 0 Å². The van der Waals surface area contributed by atoms with Gasteiger partial charge in [-0.1, -0.05) is 165 Å². The number of hydrogen-bond acceptors (Lipinski definition) is 3. The molecule has 0 atom stereocenters. The third-order valence-corrected chi connectivity index (χ3v) is 15.9. The SMILES string of the molecule is CCCCC1CCC(C2(C3(OC)C=CC(COCC4C=CC(OC)(C5(C6CCC(CCCC)CC6)CCCCC5)C=C4)C=C3)CCCCC2)CC1. The minimum atomic E-state index is -0.271. The lowest BCUT2D eigenvalue weighted by atomic mass is 9.52. The maximum atomic E-state index is 6.62. The Morgan fingerprint density at radius 1 is 0.490 bits per heavy atom. The summed E-state index contributed by atoms with van der Waals surface area (Å²) in [5.74, 6) is 4.07. The first kappa shape index (κ1) is 39.5. The second kappa shape index (κ2) is 18.4. The molecule has 0 saturated heterocycles. The van der Waals surface area contributed by atoms with Crippen LogP contribution < -0.4 is 0 Å². The Morgan fingerprint density at radius 2 is 0.843 bits per heavy atom. The Balaban J connectivity index is 1.04. The van der Waals surface area contributed by atoms with Crippen molar-refractivity contribution < 1.29 is 14.2 Å². The number of methoxy groups -OCH3 is 2. The number of hydrogen-bond donors (Lipinski definition) is 0. The van der Waals surface area contributed by atoms with Crippen molar-refractivity contribution >= 4 is 0 Å². The Bertz CT molecular complexity index is 1030. The highest BCUT2D eigenvalue weighted by molar-refractivity contribution is 5.31. The van der Waals surface area contributed by atoms with Crippen LogP contribution in [0, 0.1) is 46.3 Å². The molecule has 3 nitrogen and oxygen atoms in total. The van der Waals surface area contributed by atoms with Gasteiger partial charge < -0.3 is 14.2 Å². The third-order valence-electron chi connectivity index (χ3n) is 15.9. The molecule has 0 heterocycles. The van der Waals surface area contributed by atoms with Crippen LogP contribution in [0.2, 0.25) is 0 Å². The molecule has 6 rings (SSSR count). The van der Waals surface area contributed by atoms with Gasteiger partial charge in [0.25, 0.3) is 0 Å². The summed E-state index contributed by atoms with van der Waals surface area (Å²) in [6.45, 7) is 6.16. The van der Waals surface area contributed by atoms with E-state index in [1.807, 2.05) is 14.2 Å². The van der Waals surface area contributed by atoms with Gasteiger partial charge in [0.05, 0.1) is 13.2 Å². The van der Waals surface area contributed by atoms with Gasteiger partial charge in [-0.15, -0.1) is 0 Å². The number of ether oxygens (including phenoxy) is 3. The third kappa shape index (κ3) is 8.42. The summed E-state index contributed by atoms with van der Waals surface area (Å²) in [5, 5.41) is 0. The normalized spacial score (nSPS) is 37.8. The molecule has 4 fully saturated rings. The zero-order valence-corrected chi connectivity index (χ0v) is 33.7. The Morgan fingerprint density at radius 3 is 1.16 bits per heavy atom. The van der Waals surface area contributed by atoms with Crippen LogP contribution in [0.15, 0.2) is 48.6 Å². The monoisotopic (exact) mass is 703 g/mol. The summed E-state index contributed by atoms with van der Waals surface area (Å²) >= 11 is 0. The summed E-state index contributed by atoms with van der Waals surface area (Å²) in [4.78, 5) is 0. The van der Waals surface area contributed by atoms with Crippen LogP contribution >= 0.6 is 0 Å². The van der Waals surface area contributed by atoms with E-state index in [0.717, 1.165) is 36.9 Å². The minimum Gasteiger partial charge on any atom is -0.380 e. The zero-order valence-electron chi connectivity index (χ0n) is 33.7. The molecule has 0 unspecified atom stereocenters. The molecule has 0 N–H and O–H groups in total. The van der Waals surface area contributed by atoms with Crippen molar-refractivity contribution in [1.29, 1.82) is 0 Å². The first-order valence-electron chi connectivity index (χ1n) is 22.4. The summed E-state index contributed by atoms with van der Waals surface area (Å²) in [6.07, 6.45) is 52.6. The van der Waals surface area contributed by atoms with E-state index < -0.39 is 0 Å². The van der Waals surface area contributed by atoms with Crippen LogP contribution in [-0.2, 0) is 14.2 Å². The van der Waals surface area contributed by atoms with Crippen molar-refractivity contribution in [1.82, 2.24) is 0 Å². The number of rotatable bonds is 16. The maximum absolute atomic E-state index is 6.62. The molecule has 51 heavy (non-hydrogen) atoms. The van der Waals surface area contributed by atoms with Crippen LogP contribution in [0.5, 0.6) is 0 Å². The molecule has 0 aliphatic heterocycles. The summed E-state index contributed by atoms with van der Waals surface area (Å²) in [5.41, 5.74) is -0.0612. The fourth-order valence-corrected chi connectivity index (χ4v) is 12.8. The highest BCUT2D eigenvalue weighted by Crippen LogP contribution is 2.59. The van der Waals surface area contributed by atoms with Crippen LogP contribution in [0.25, 0.3) is 0 Å². The van der Waals surface area contributed by atoms with Gasteiger partial charge in [-0.2, -0.15) is 0 Å². The summed E-state index contributed by atoms with van der Waals surface area (Å²) < 4.78 is 19.7. The molecular formula is C48H78O3. The van der Waals surface area contributed by atoms with Gasteiger partial charge in [0.15, 0.2) is 0 Å². The lowest BCUT2D eigenvalue weighted by Gasteiger charge is -2.56. The predicted molar refractivity (Wildman–Crippen MR) is 215 cm³/mol. The van der Waals surface area contributed by atoms with Gasteiger partial charge >= 0.3 is 0 Å². The van der Waals surface area contributed by atoms with Gasteiger partial charge in [-0.05, 0) is 75.0 Å². The summed E-state index contributed by atoms with van der Waals surface area (Å²) in [6, 6.07) is 0. The average Bonchev–Trinajstić information content (AvgIpc) is 3.20. The molecule has 288 valence electrons. The lowest BCUT2D eigenvalue weighted by molar-refractivity contribution is -0.109. The van der Waals surface area contributed by atoms with Crippen LogP contribution in [0.3, 0.4) is 0 Å². The summed E-state index contributed by atoms with van der Waals surface area (Å²) in [7, 11) is 3.96. The predicted octanol–water partition coefficient (Wildman–Crippen LogP) is 13.2. The molecule has 0 aromatic carbocycles. The second-order valence-corrected chi connectivity index (χ2v) is 18.4. The van der Waals surface area contributed by atoms with E-state index in [0.29, 0.717) is 11.8 Å². The van der Waals surface area contributed by atoms with Crippen LogP contribution in [0.4, 0.5) is 0 Å². The van der Waals surface area contributed by atoms with Crippen LogP contribution in [-0.4, -0.2) is 38.6 Å². The molecule has 0 aromatic heterocycles. The van der Waals surface area contributed by atoms with Crippen molar-refractivity contribution in [2.24, 2.45) is 46.3 Å². The van der Waals surface area contributed by atoms with Gasteiger partial charge in [0, 0.05) is 36.9 Å². The van der Waals surface area contributed by atoms with E-state index in [-0.39, 0.29) is 22.0 Å². The minimum absolute atomic E-state index is 0.240. The number of unbranched alkanes of at least 4 members (excludes halogenated alkanes) is 2. The topological polar surface area (TPSA) is 27.7 Å². The van der Waals surface area contributed by atoms with E-state index in [2.05, 4.69) is 62.5 Å². The maximum Gasteiger partial charge on any atom is 0.110 e.